The Morgan fingerprint density at radius 1 is 1.26 bits per heavy atom. The molecule has 3 N–H and O–H groups in total. The molecule has 7 heteroatoms. The van der Waals surface area contributed by atoms with Crippen LogP contribution in [0, 0.1) is 24.2 Å². The smallest absolute Gasteiger partial charge is 0.243 e. The molecule has 0 radical (unpaired) electrons. The van der Waals surface area contributed by atoms with E-state index in [0.29, 0.717) is 10.7 Å². The molecule has 3 aromatic rings. The van der Waals surface area contributed by atoms with E-state index < -0.39 is 11.8 Å². The molecule has 0 spiro atoms. The summed E-state index contributed by atoms with van der Waals surface area (Å²) >= 11 is 1.29. The van der Waals surface area contributed by atoms with Crippen LogP contribution in [-0.4, -0.2) is 21.1 Å². The molecule has 0 aliphatic heterocycles. The molecule has 6 nitrogen and oxygen atoms in total. The first kappa shape index (κ1) is 18.4. The first-order chi connectivity index (χ1) is 13.0. The Bertz CT molecular complexity index is 1020. The molecule has 136 valence electrons. The summed E-state index contributed by atoms with van der Waals surface area (Å²) in [5.74, 6) is -1.94. The topological polar surface area (TPSA) is 106 Å². The number of thiazole rings is 1. The summed E-state index contributed by atoms with van der Waals surface area (Å²) in [4.78, 5) is 16.9. The van der Waals surface area contributed by atoms with Gasteiger partial charge in [-0.15, -0.1) is 11.3 Å². The molecular weight excluding hydrogens is 362 g/mol. The Morgan fingerprint density at radius 3 is 2.74 bits per heavy atom. The third kappa shape index (κ3) is 4.25. The minimum absolute atomic E-state index is 0.117. The number of rotatable bonds is 5. The average Bonchev–Trinajstić information content (AvgIpc) is 3.11. The number of nitrogens with zero attached hydrogens (tertiary/aromatic N) is 2. The fourth-order valence-corrected chi connectivity index (χ4v) is 3.35. The standard InChI is InChI=1S/C20H17N3O3S/c1-12-4-2-3-5-15(12)16-11-27-20(22-16)23-19(26)14(10-21)8-13-6-7-17(24)18(25)9-13/h2-7,9,11,14,24-25H,8H2,1H3,(H,22,23,26). The average molecular weight is 379 g/mol. The second-order valence-corrected chi connectivity index (χ2v) is 6.91. The van der Waals surface area contributed by atoms with Crippen LogP contribution in [0.3, 0.4) is 0 Å². The first-order valence-corrected chi connectivity index (χ1v) is 9.08. The number of phenolic OH excluding ortho intramolecular Hbond substituents is 2. The van der Waals surface area contributed by atoms with Crippen molar-refractivity contribution >= 4 is 22.4 Å². The first-order valence-electron chi connectivity index (χ1n) is 8.21. The van der Waals surface area contributed by atoms with Crippen molar-refractivity contribution in [3.8, 4) is 28.8 Å². The number of aromatic hydroxyl groups is 2. The zero-order valence-corrected chi connectivity index (χ0v) is 15.3. The molecule has 0 saturated carbocycles. The molecule has 1 heterocycles. The van der Waals surface area contributed by atoms with E-state index in [1.165, 1.54) is 23.5 Å². The summed E-state index contributed by atoms with van der Waals surface area (Å²) in [5.41, 5.74) is 3.42. The number of carbonyl (C=O) groups excluding carboxylic acids is 1. The maximum atomic E-state index is 12.4. The molecule has 27 heavy (non-hydrogen) atoms. The van der Waals surface area contributed by atoms with Crippen LogP contribution >= 0.6 is 11.3 Å². The van der Waals surface area contributed by atoms with Gasteiger partial charge in [-0.3, -0.25) is 4.79 Å². The molecule has 1 amide bonds. The molecule has 0 aliphatic rings. The van der Waals surface area contributed by atoms with Gasteiger partial charge in [-0.25, -0.2) is 4.98 Å². The summed E-state index contributed by atoms with van der Waals surface area (Å²) in [6.07, 6.45) is 0.117. The van der Waals surface area contributed by atoms with Crippen LogP contribution < -0.4 is 5.32 Å². The van der Waals surface area contributed by atoms with Gasteiger partial charge in [-0.1, -0.05) is 30.3 Å². The summed E-state index contributed by atoms with van der Waals surface area (Å²) in [7, 11) is 0. The third-order valence-corrected chi connectivity index (χ3v) is 4.87. The highest BCUT2D eigenvalue weighted by Crippen LogP contribution is 2.28. The molecule has 1 aromatic heterocycles. The van der Waals surface area contributed by atoms with Crippen molar-refractivity contribution in [2.75, 3.05) is 5.32 Å². The van der Waals surface area contributed by atoms with Gasteiger partial charge in [0.1, 0.15) is 5.92 Å². The van der Waals surface area contributed by atoms with E-state index in [4.69, 9.17) is 0 Å². The predicted octanol–water partition coefficient (Wildman–Crippen LogP) is 3.85. The number of carbonyl (C=O) groups is 1. The Kier molecular flexibility index (Phi) is 5.38. The van der Waals surface area contributed by atoms with E-state index in [-0.39, 0.29) is 17.9 Å². The molecule has 0 bridgehead atoms. The number of nitriles is 1. The third-order valence-electron chi connectivity index (χ3n) is 4.11. The van der Waals surface area contributed by atoms with Crippen molar-refractivity contribution in [2.45, 2.75) is 13.3 Å². The van der Waals surface area contributed by atoms with Crippen molar-refractivity contribution in [1.29, 1.82) is 5.26 Å². The maximum absolute atomic E-state index is 12.4. The lowest BCUT2D eigenvalue weighted by Gasteiger charge is -2.09. The van der Waals surface area contributed by atoms with Gasteiger partial charge in [0.05, 0.1) is 11.8 Å². The van der Waals surface area contributed by atoms with Crippen molar-refractivity contribution in [3.63, 3.8) is 0 Å². The van der Waals surface area contributed by atoms with Crippen LogP contribution in [0.15, 0.2) is 47.8 Å². The van der Waals surface area contributed by atoms with Crippen molar-refractivity contribution in [1.82, 2.24) is 4.98 Å². The van der Waals surface area contributed by atoms with Gasteiger partial charge in [0.15, 0.2) is 16.6 Å². The van der Waals surface area contributed by atoms with E-state index in [9.17, 15) is 20.3 Å². The number of hydrogen-bond acceptors (Lipinski definition) is 6. The van der Waals surface area contributed by atoms with Gasteiger partial charge in [0, 0.05) is 10.9 Å². The lowest BCUT2D eigenvalue weighted by Crippen LogP contribution is -2.23. The van der Waals surface area contributed by atoms with Crippen molar-refractivity contribution in [3.05, 3.63) is 59.0 Å². The van der Waals surface area contributed by atoms with E-state index in [1.807, 2.05) is 42.6 Å². The monoisotopic (exact) mass is 379 g/mol. The van der Waals surface area contributed by atoms with Gasteiger partial charge >= 0.3 is 0 Å². The fourth-order valence-electron chi connectivity index (χ4n) is 2.64. The molecule has 0 fully saturated rings. The van der Waals surface area contributed by atoms with Gasteiger partial charge < -0.3 is 15.5 Å². The summed E-state index contributed by atoms with van der Waals surface area (Å²) in [5, 5.41) is 33.2. The number of anilines is 1. The number of aromatic nitrogens is 1. The molecule has 1 atom stereocenters. The SMILES string of the molecule is Cc1ccccc1-c1csc(NC(=O)C(C#N)Cc2ccc(O)c(O)c2)n1. The summed E-state index contributed by atoms with van der Waals surface area (Å²) in [6, 6.07) is 14.0. The Morgan fingerprint density at radius 2 is 2.04 bits per heavy atom. The number of nitrogens with one attached hydrogen (secondary N) is 1. The summed E-state index contributed by atoms with van der Waals surface area (Å²) < 4.78 is 0. The molecule has 0 saturated heterocycles. The normalized spacial score (nSPS) is 11.6. The zero-order chi connectivity index (χ0) is 19.4. The minimum Gasteiger partial charge on any atom is -0.504 e. The van der Waals surface area contributed by atoms with Crippen LogP contribution in [0.1, 0.15) is 11.1 Å². The highest BCUT2D eigenvalue weighted by molar-refractivity contribution is 7.14. The van der Waals surface area contributed by atoms with Gasteiger partial charge in [-0.2, -0.15) is 5.26 Å². The maximum Gasteiger partial charge on any atom is 0.243 e. The fraction of sp³-hybridized carbons (Fsp3) is 0.150. The van der Waals surface area contributed by atoms with Crippen molar-refractivity contribution in [2.24, 2.45) is 5.92 Å². The van der Waals surface area contributed by atoms with E-state index >= 15 is 0 Å². The van der Waals surface area contributed by atoms with E-state index in [1.54, 1.807) is 6.07 Å². The Labute approximate surface area is 160 Å². The molecule has 0 aliphatic carbocycles. The number of benzene rings is 2. The largest absolute Gasteiger partial charge is 0.504 e. The molecule has 1 unspecified atom stereocenters. The van der Waals surface area contributed by atoms with Crippen molar-refractivity contribution < 1.29 is 15.0 Å². The number of hydrogen-bond donors (Lipinski definition) is 3. The molecular formula is C20H17N3O3S. The molecule has 2 aromatic carbocycles. The Hall–Kier alpha value is -3.37. The summed E-state index contributed by atoms with van der Waals surface area (Å²) in [6.45, 7) is 1.99. The van der Waals surface area contributed by atoms with Crippen LogP contribution in [0.5, 0.6) is 11.5 Å². The van der Waals surface area contributed by atoms with Crippen LogP contribution in [0.4, 0.5) is 5.13 Å². The number of amides is 1. The van der Waals surface area contributed by atoms with Gasteiger partial charge in [0.25, 0.3) is 0 Å². The minimum atomic E-state index is -0.945. The molecule has 3 rings (SSSR count). The Balaban J connectivity index is 1.71. The van der Waals surface area contributed by atoms with E-state index in [2.05, 4.69) is 10.3 Å². The zero-order valence-electron chi connectivity index (χ0n) is 14.5. The van der Waals surface area contributed by atoms with Gasteiger partial charge in [0.2, 0.25) is 5.91 Å². The number of phenols is 2. The number of aryl methyl sites for hydroxylation is 1. The second kappa shape index (κ2) is 7.89. The highest BCUT2D eigenvalue weighted by Gasteiger charge is 2.20. The van der Waals surface area contributed by atoms with E-state index in [0.717, 1.165) is 16.8 Å². The van der Waals surface area contributed by atoms with Gasteiger partial charge in [-0.05, 0) is 36.6 Å². The van der Waals surface area contributed by atoms with Crippen LogP contribution in [-0.2, 0) is 11.2 Å². The quantitative estimate of drug-likeness (QED) is 0.584. The lowest BCUT2D eigenvalue weighted by atomic mass is 9.99. The highest BCUT2D eigenvalue weighted by atomic mass is 32.1. The van der Waals surface area contributed by atoms with Crippen LogP contribution in [0.25, 0.3) is 11.3 Å². The lowest BCUT2D eigenvalue weighted by molar-refractivity contribution is -0.118. The van der Waals surface area contributed by atoms with Crippen LogP contribution in [0.2, 0.25) is 0 Å². The second-order valence-electron chi connectivity index (χ2n) is 6.05. The predicted molar refractivity (Wildman–Crippen MR) is 103 cm³/mol.